The molecule has 0 fully saturated rings. The van der Waals surface area contributed by atoms with E-state index in [1.807, 2.05) is 0 Å². The fraction of sp³-hybridized carbons (Fsp3) is 0.211. The summed E-state index contributed by atoms with van der Waals surface area (Å²) in [4.78, 5) is 13.1. The van der Waals surface area contributed by atoms with E-state index in [4.69, 9.17) is 4.74 Å². The summed E-state index contributed by atoms with van der Waals surface area (Å²) in [5.41, 5.74) is -1.71. The number of benzene rings is 2. The van der Waals surface area contributed by atoms with Crippen LogP contribution in [0.2, 0.25) is 0 Å². The first-order chi connectivity index (χ1) is 11.8. The van der Waals surface area contributed by atoms with Gasteiger partial charge in [0, 0.05) is 10.5 Å². The molecule has 130 valence electrons. The van der Waals surface area contributed by atoms with E-state index in [0.717, 1.165) is 12.1 Å². The number of hydrogen-bond donors (Lipinski definition) is 0. The first kappa shape index (κ1) is 17.6. The lowest BCUT2D eigenvalue weighted by atomic mass is 9.92. The molecular formula is C19H15F3O2S. The molecule has 0 saturated heterocycles. The number of carbonyl (C=O) groups is 1. The van der Waals surface area contributed by atoms with E-state index in [1.165, 1.54) is 43.8 Å². The van der Waals surface area contributed by atoms with Crippen molar-refractivity contribution in [3.63, 3.8) is 0 Å². The lowest BCUT2D eigenvalue weighted by Crippen LogP contribution is -2.29. The first-order valence-corrected chi connectivity index (χ1v) is 8.75. The molecule has 25 heavy (non-hydrogen) atoms. The van der Waals surface area contributed by atoms with Gasteiger partial charge in [0.25, 0.3) is 0 Å². The molecule has 0 bridgehead atoms. The monoisotopic (exact) mass is 364 g/mol. The average Bonchev–Trinajstić information content (AvgIpc) is 2.78. The molecule has 0 amide bonds. The van der Waals surface area contributed by atoms with Crippen molar-refractivity contribution in [1.82, 2.24) is 0 Å². The van der Waals surface area contributed by atoms with Gasteiger partial charge < -0.3 is 4.74 Å². The van der Waals surface area contributed by atoms with Gasteiger partial charge in [0.15, 0.2) is 5.60 Å². The maximum Gasteiger partial charge on any atom is 0.210 e. The highest BCUT2D eigenvalue weighted by Crippen LogP contribution is 2.43. The molecule has 1 heterocycles. The van der Waals surface area contributed by atoms with Crippen LogP contribution < -0.4 is 0 Å². The Kier molecular flexibility index (Phi) is 4.41. The molecule has 0 spiro atoms. The Balaban J connectivity index is 2.27. The fourth-order valence-corrected chi connectivity index (χ4v) is 3.19. The van der Waals surface area contributed by atoms with Crippen LogP contribution >= 0.6 is 11.8 Å². The zero-order valence-electron chi connectivity index (χ0n) is 13.8. The van der Waals surface area contributed by atoms with Gasteiger partial charge in [0.05, 0.1) is 11.1 Å². The van der Waals surface area contributed by atoms with E-state index in [2.05, 4.69) is 0 Å². The maximum absolute atomic E-state index is 14.3. The molecule has 0 atom stereocenters. The summed E-state index contributed by atoms with van der Waals surface area (Å²) in [6.45, 7) is 3.02. The Hall–Kier alpha value is -2.21. The standard InChI is InChI=1S/C19H15F3O2S/c1-19(2)18(23)16(15-11(20)5-4-6-12(15)21)17(24-19)10-7-8-14(25-3)13(22)9-10/h4-9H,1-3H3. The van der Waals surface area contributed by atoms with Crippen molar-refractivity contribution in [2.75, 3.05) is 6.26 Å². The van der Waals surface area contributed by atoms with Gasteiger partial charge in [-0.25, -0.2) is 13.2 Å². The highest BCUT2D eigenvalue weighted by Gasteiger charge is 2.44. The van der Waals surface area contributed by atoms with Gasteiger partial charge in [0.2, 0.25) is 5.78 Å². The van der Waals surface area contributed by atoms with Crippen molar-refractivity contribution in [3.05, 3.63) is 65.0 Å². The Morgan fingerprint density at radius 3 is 2.20 bits per heavy atom. The third-order valence-corrected chi connectivity index (χ3v) is 4.76. The number of Topliss-reactive ketones (excluding diaryl/α,β-unsaturated/α-hetero) is 1. The molecule has 2 aromatic carbocycles. The highest BCUT2D eigenvalue weighted by molar-refractivity contribution is 7.98. The summed E-state index contributed by atoms with van der Waals surface area (Å²) in [7, 11) is 0. The van der Waals surface area contributed by atoms with E-state index in [9.17, 15) is 18.0 Å². The number of thioether (sulfide) groups is 1. The van der Waals surface area contributed by atoms with Gasteiger partial charge in [-0.15, -0.1) is 11.8 Å². The number of halogens is 3. The number of ketones is 1. The Morgan fingerprint density at radius 2 is 1.64 bits per heavy atom. The normalized spacial score (nSPS) is 16.3. The molecule has 0 aliphatic carbocycles. The molecule has 6 heteroatoms. The second-order valence-corrected chi connectivity index (χ2v) is 6.94. The quantitative estimate of drug-likeness (QED) is 0.711. The fourth-order valence-electron chi connectivity index (χ4n) is 2.73. The number of carbonyl (C=O) groups excluding carboxylic acids is 1. The SMILES string of the molecule is CSc1ccc(C2=C(c3c(F)cccc3F)C(=O)C(C)(C)O2)cc1F. The Bertz CT molecular complexity index is 883. The second kappa shape index (κ2) is 6.26. The zero-order chi connectivity index (χ0) is 18.4. The molecule has 0 unspecified atom stereocenters. The molecule has 0 saturated carbocycles. The molecular weight excluding hydrogens is 349 g/mol. The first-order valence-electron chi connectivity index (χ1n) is 7.52. The van der Waals surface area contributed by atoms with Crippen LogP contribution in [-0.4, -0.2) is 17.6 Å². The summed E-state index contributed by atoms with van der Waals surface area (Å²) < 4.78 is 48.3. The minimum Gasteiger partial charge on any atom is -0.478 e. The maximum atomic E-state index is 14.3. The van der Waals surface area contributed by atoms with Gasteiger partial charge in [-0.05, 0) is 50.4 Å². The summed E-state index contributed by atoms with van der Waals surface area (Å²) in [6.07, 6.45) is 1.73. The van der Waals surface area contributed by atoms with Crippen molar-refractivity contribution >= 4 is 28.9 Å². The molecule has 2 nitrogen and oxygen atoms in total. The van der Waals surface area contributed by atoms with Crippen LogP contribution in [0.5, 0.6) is 0 Å². The zero-order valence-corrected chi connectivity index (χ0v) is 14.6. The smallest absolute Gasteiger partial charge is 0.210 e. The lowest BCUT2D eigenvalue weighted by Gasteiger charge is -2.18. The second-order valence-electron chi connectivity index (χ2n) is 6.09. The van der Waals surface area contributed by atoms with Crippen LogP contribution in [0, 0.1) is 17.5 Å². The summed E-state index contributed by atoms with van der Waals surface area (Å²) in [6, 6.07) is 7.66. The number of rotatable bonds is 3. The topological polar surface area (TPSA) is 26.3 Å². The van der Waals surface area contributed by atoms with Crippen molar-refractivity contribution in [1.29, 1.82) is 0 Å². The van der Waals surface area contributed by atoms with Crippen LogP contribution in [0.15, 0.2) is 41.3 Å². The van der Waals surface area contributed by atoms with Crippen LogP contribution in [0.1, 0.15) is 25.0 Å². The Morgan fingerprint density at radius 1 is 1.00 bits per heavy atom. The highest BCUT2D eigenvalue weighted by atomic mass is 32.2. The van der Waals surface area contributed by atoms with E-state index in [1.54, 1.807) is 12.3 Å². The summed E-state index contributed by atoms with van der Waals surface area (Å²) in [5.74, 6) is -2.82. The lowest BCUT2D eigenvalue weighted by molar-refractivity contribution is -0.125. The van der Waals surface area contributed by atoms with E-state index in [0.29, 0.717) is 4.90 Å². The van der Waals surface area contributed by atoms with Gasteiger partial charge in [-0.3, -0.25) is 4.79 Å². The predicted octanol–water partition coefficient (Wildman–Crippen LogP) is 5.07. The van der Waals surface area contributed by atoms with E-state index in [-0.39, 0.29) is 16.9 Å². The molecule has 0 aromatic heterocycles. The molecule has 2 aromatic rings. The number of hydrogen-bond acceptors (Lipinski definition) is 3. The van der Waals surface area contributed by atoms with Gasteiger partial charge in [-0.1, -0.05) is 6.07 Å². The third kappa shape index (κ3) is 2.95. The molecule has 3 rings (SSSR count). The van der Waals surface area contributed by atoms with E-state index >= 15 is 0 Å². The van der Waals surface area contributed by atoms with Crippen LogP contribution in [0.25, 0.3) is 11.3 Å². The van der Waals surface area contributed by atoms with Gasteiger partial charge >= 0.3 is 0 Å². The van der Waals surface area contributed by atoms with Crippen LogP contribution in [0.4, 0.5) is 13.2 Å². The molecule has 1 aliphatic rings. The Labute approximate surface area is 147 Å². The third-order valence-electron chi connectivity index (χ3n) is 3.98. The average molecular weight is 364 g/mol. The van der Waals surface area contributed by atoms with Crippen molar-refractivity contribution < 1.29 is 22.7 Å². The minimum absolute atomic E-state index is 0.0226. The molecule has 0 N–H and O–H groups in total. The van der Waals surface area contributed by atoms with Gasteiger partial charge in [0.1, 0.15) is 23.2 Å². The largest absolute Gasteiger partial charge is 0.478 e. The van der Waals surface area contributed by atoms with Crippen molar-refractivity contribution in [2.24, 2.45) is 0 Å². The summed E-state index contributed by atoms with van der Waals surface area (Å²) >= 11 is 1.23. The summed E-state index contributed by atoms with van der Waals surface area (Å²) in [5, 5.41) is 0. The minimum atomic E-state index is -1.30. The van der Waals surface area contributed by atoms with Crippen molar-refractivity contribution in [3.8, 4) is 0 Å². The van der Waals surface area contributed by atoms with Crippen molar-refractivity contribution in [2.45, 2.75) is 24.3 Å². The molecule has 0 radical (unpaired) electrons. The van der Waals surface area contributed by atoms with Crippen LogP contribution in [0.3, 0.4) is 0 Å². The molecule has 1 aliphatic heterocycles. The van der Waals surface area contributed by atoms with E-state index < -0.39 is 34.4 Å². The number of ether oxygens (including phenoxy) is 1. The van der Waals surface area contributed by atoms with Gasteiger partial charge in [-0.2, -0.15) is 0 Å². The van der Waals surface area contributed by atoms with Crippen LogP contribution in [-0.2, 0) is 9.53 Å². The predicted molar refractivity (Wildman–Crippen MR) is 91.5 cm³/mol.